The van der Waals surface area contributed by atoms with Gasteiger partial charge in [0.15, 0.2) is 0 Å². The monoisotopic (exact) mass is 226 g/mol. The molecule has 6 heteroatoms. The third-order valence-corrected chi connectivity index (χ3v) is 2.21. The summed E-state index contributed by atoms with van der Waals surface area (Å²) >= 11 is 0. The number of hydrogen-bond donors (Lipinski definition) is 4. The van der Waals surface area contributed by atoms with Gasteiger partial charge in [-0.2, -0.15) is 0 Å². The Balaban J connectivity index is 2.34. The molecule has 0 radical (unpaired) electrons. The Bertz CT molecular complexity index is 300. The second-order valence-electron chi connectivity index (χ2n) is 3.62. The van der Waals surface area contributed by atoms with Crippen molar-refractivity contribution in [3.05, 3.63) is 18.2 Å². The molecule has 0 saturated heterocycles. The Kier molecular flexibility index (Phi) is 5.52. The molecule has 1 aromatic heterocycles. The van der Waals surface area contributed by atoms with Crippen LogP contribution in [0.3, 0.4) is 0 Å². The SMILES string of the molecule is NCCCC(=O)NC(CO)Cc1cnc[nH]1. The van der Waals surface area contributed by atoms with Crippen molar-refractivity contribution in [1.29, 1.82) is 0 Å². The lowest BCUT2D eigenvalue weighted by Gasteiger charge is -2.15. The van der Waals surface area contributed by atoms with E-state index in [0.717, 1.165) is 5.69 Å². The molecule has 0 bridgehead atoms. The van der Waals surface area contributed by atoms with Crippen LogP contribution in [0.15, 0.2) is 12.5 Å². The van der Waals surface area contributed by atoms with E-state index >= 15 is 0 Å². The van der Waals surface area contributed by atoms with E-state index in [1.165, 1.54) is 0 Å². The van der Waals surface area contributed by atoms with Crippen molar-refractivity contribution in [1.82, 2.24) is 15.3 Å². The molecule has 1 unspecified atom stereocenters. The second-order valence-corrected chi connectivity index (χ2v) is 3.62. The quantitative estimate of drug-likeness (QED) is 0.487. The van der Waals surface area contributed by atoms with Gasteiger partial charge >= 0.3 is 0 Å². The van der Waals surface area contributed by atoms with E-state index in [1.54, 1.807) is 12.5 Å². The molecule has 0 aromatic carbocycles. The highest BCUT2D eigenvalue weighted by Crippen LogP contribution is 1.98. The standard InChI is InChI=1S/C10H18N4O2/c11-3-1-2-10(16)14-9(6-15)4-8-5-12-7-13-8/h5,7,9,15H,1-4,6,11H2,(H,12,13)(H,14,16). The first-order chi connectivity index (χ1) is 7.76. The Morgan fingerprint density at radius 3 is 3.06 bits per heavy atom. The first kappa shape index (κ1) is 12.7. The molecule has 0 aliphatic carbocycles. The highest BCUT2D eigenvalue weighted by molar-refractivity contribution is 5.76. The highest BCUT2D eigenvalue weighted by Gasteiger charge is 2.12. The van der Waals surface area contributed by atoms with Gasteiger partial charge in [0.05, 0.1) is 19.0 Å². The Hall–Kier alpha value is -1.40. The minimum atomic E-state index is -0.272. The van der Waals surface area contributed by atoms with Crippen LogP contribution in [0.25, 0.3) is 0 Å². The van der Waals surface area contributed by atoms with Gasteiger partial charge in [-0.15, -0.1) is 0 Å². The van der Waals surface area contributed by atoms with E-state index in [-0.39, 0.29) is 18.6 Å². The number of amides is 1. The summed E-state index contributed by atoms with van der Waals surface area (Å²) in [6.45, 7) is 0.408. The Labute approximate surface area is 94.3 Å². The number of hydrogen-bond acceptors (Lipinski definition) is 4. The summed E-state index contributed by atoms with van der Waals surface area (Å²) in [5.41, 5.74) is 6.19. The number of nitrogens with two attached hydrogens (primary N) is 1. The van der Waals surface area contributed by atoms with Gasteiger partial charge in [0.25, 0.3) is 0 Å². The molecule has 90 valence electrons. The fourth-order valence-corrected chi connectivity index (χ4v) is 1.39. The summed E-state index contributed by atoms with van der Waals surface area (Å²) in [6.07, 6.45) is 4.85. The van der Waals surface area contributed by atoms with Crippen molar-refractivity contribution < 1.29 is 9.90 Å². The molecule has 1 amide bonds. The normalized spacial score (nSPS) is 12.4. The fraction of sp³-hybridized carbons (Fsp3) is 0.600. The summed E-state index contributed by atoms with van der Waals surface area (Å²) in [5, 5.41) is 11.9. The number of nitrogens with zero attached hydrogens (tertiary/aromatic N) is 1. The molecule has 0 aliphatic heterocycles. The van der Waals surface area contributed by atoms with E-state index < -0.39 is 0 Å². The van der Waals surface area contributed by atoms with Crippen LogP contribution in [0.4, 0.5) is 0 Å². The molecule has 0 fully saturated rings. The van der Waals surface area contributed by atoms with Crippen molar-refractivity contribution >= 4 is 5.91 Å². The molecule has 0 saturated carbocycles. The summed E-state index contributed by atoms with van der Waals surface area (Å²) in [4.78, 5) is 18.2. The van der Waals surface area contributed by atoms with Crippen molar-refractivity contribution in [3.63, 3.8) is 0 Å². The van der Waals surface area contributed by atoms with Gasteiger partial charge in [-0.3, -0.25) is 4.79 Å². The molecule has 1 heterocycles. The van der Waals surface area contributed by atoms with Crippen LogP contribution >= 0.6 is 0 Å². The number of aliphatic hydroxyl groups excluding tert-OH is 1. The van der Waals surface area contributed by atoms with Gasteiger partial charge in [-0.05, 0) is 13.0 Å². The minimum absolute atomic E-state index is 0.0796. The van der Waals surface area contributed by atoms with Crippen molar-refractivity contribution in [2.24, 2.45) is 5.73 Å². The maximum atomic E-state index is 11.4. The third kappa shape index (κ3) is 4.41. The number of aliphatic hydroxyl groups is 1. The summed E-state index contributed by atoms with van der Waals surface area (Å²) < 4.78 is 0. The number of nitrogens with one attached hydrogen (secondary N) is 2. The largest absolute Gasteiger partial charge is 0.394 e. The average molecular weight is 226 g/mol. The van der Waals surface area contributed by atoms with Gasteiger partial charge in [-0.1, -0.05) is 0 Å². The lowest BCUT2D eigenvalue weighted by atomic mass is 10.1. The zero-order valence-electron chi connectivity index (χ0n) is 9.15. The molecule has 0 aliphatic rings. The fourth-order valence-electron chi connectivity index (χ4n) is 1.39. The topological polar surface area (TPSA) is 104 Å². The van der Waals surface area contributed by atoms with Crippen LogP contribution in [0.1, 0.15) is 18.5 Å². The van der Waals surface area contributed by atoms with Crippen LogP contribution in [0.2, 0.25) is 0 Å². The van der Waals surface area contributed by atoms with Gasteiger partial charge in [0, 0.05) is 24.7 Å². The van der Waals surface area contributed by atoms with E-state index in [4.69, 9.17) is 10.8 Å². The zero-order chi connectivity index (χ0) is 11.8. The molecule has 1 aromatic rings. The molecule has 6 nitrogen and oxygen atoms in total. The molecular weight excluding hydrogens is 208 g/mol. The van der Waals surface area contributed by atoms with Crippen LogP contribution in [0.5, 0.6) is 0 Å². The number of carbonyl (C=O) groups excluding carboxylic acids is 1. The number of imidazole rings is 1. The zero-order valence-corrected chi connectivity index (χ0v) is 9.15. The smallest absolute Gasteiger partial charge is 0.220 e. The molecular formula is C10H18N4O2. The van der Waals surface area contributed by atoms with E-state index in [2.05, 4.69) is 15.3 Å². The maximum absolute atomic E-state index is 11.4. The summed E-state index contributed by atoms with van der Waals surface area (Å²) in [7, 11) is 0. The lowest BCUT2D eigenvalue weighted by molar-refractivity contribution is -0.122. The van der Waals surface area contributed by atoms with E-state index in [9.17, 15) is 4.79 Å². The first-order valence-electron chi connectivity index (χ1n) is 5.33. The predicted octanol–water partition coefficient (Wildman–Crippen LogP) is -0.832. The summed E-state index contributed by atoms with van der Waals surface area (Å²) in [6, 6.07) is -0.272. The number of H-pyrrole nitrogens is 1. The Morgan fingerprint density at radius 1 is 1.69 bits per heavy atom. The van der Waals surface area contributed by atoms with Gasteiger partial charge < -0.3 is 21.1 Å². The van der Waals surface area contributed by atoms with Crippen molar-refractivity contribution in [2.45, 2.75) is 25.3 Å². The van der Waals surface area contributed by atoms with Gasteiger partial charge in [0.1, 0.15) is 0 Å². The lowest BCUT2D eigenvalue weighted by Crippen LogP contribution is -2.39. The van der Waals surface area contributed by atoms with Crippen LogP contribution in [-0.2, 0) is 11.2 Å². The molecule has 1 rings (SSSR count). The van der Waals surface area contributed by atoms with E-state index in [0.29, 0.717) is 25.8 Å². The second kappa shape index (κ2) is 6.97. The van der Waals surface area contributed by atoms with Crippen LogP contribution < -0.4 is 11.1 Å². The summed E-state index contributed by atoms with van der Waals surface area (Å²) in [5.74, 6) is -0.0796. The number of aromatic nitrogens is 2. The number of carbonyl (C=O) groups is 1. The number of rotatable bonds is 7. The molecule has 5 N–H and O–H groups in total. The maximum Gasteiger partial charge on any atom is 0.220 e. The van der Waals surface area contributed by atoms with Crippen molar-refractivity contribution in [2.75, 3.05) is 13.2 Å². The van der Waals surface area contributed by atoms with Gasteiger partial charge in [0.2, 0.25) is 5.91 Å². The van der Waals surface area contributed by atoms with Crippen molar-refractivity contribution in [3.8, 4) is 0 Å². The first-order valence-corrected chi connectivity index (χ1v) is 5.33. The Morgan fingerprint density at radius 2 is 2.50 bits per heavy atom. The third-order valence-electron chi connectivity index (χ3n) is 2.21. The highest BCUT2D eigenvalue weighted by atomic mass is 16.3. The van der Waals surface area contributed by atoms with Crippen LogP contribution in [-0.4, -0.2) is 40.2 Å². The average Bonchev–Trinajstić information content (AvgIpc) is 2.78. The number of aromatic amines is 1. The molecule has 1 atom stereocenters. The van der Waals surface area contributed by atoms with Crippen LogP contribution in [0, 0.1) is 0 Å². The van der Waals surface area contributed by atoms with Gasteiger partial charge in [-0.25, -0.2) is 4.98 Å². The predicted molar refractivity (Wildman–Crippen MR) is 59.6 cm³/mol. The molecule has 16 heavy (non-hydrogen) atoms. The minimum Gasteiger partial charge on any atom is -0.394 e. The molecule has 0 spiro atoms. The van der Waals surface area contributed by atoms with E-state index in [1.807, 2.05) is 0 Å².